The highest BCUT2D eigenvalue weighted by Crippen LogP contribution is 2.23. The maximum atomic E-state index is 12.3. The van der Waals surface area contributed by atoms with Gasteiger partial charge < -0.3 is 11.1 Å². The predicted molar refractivity (Wildman–Crippen MR) is 75.3 cm³/mol. The van der Waals surface area contributed by atoms with Crippen LogP contribution >= 0.6 is 0 Å². The summed E-state index contributed by atoms with van der Waals surface area (Å²) in [7, 11) is 0. The molecule has 0 heterocycles. The van der Waals surface area contributed by atoms with Crippen molar-refractivity contribution in [2.75, 3.05) is 0 Å². The van der Waals surface area contributed by atoms with Gasteiger partial charge in [-0.1, -0.05) is 30.3 Å². The first-order valence-corrected chi connectivity index (χ1v) is 6.46. The van der Waals surface area contributed by atoms with E-state index in [1.807, 2.05) is 58.0 Å². The van der Waals surface area contributed by atoms with E-state index in [-0.39, 0.29) is 18.0 Å². The summed E-state index contributed by atoms with van der Waals surface area (Å²) in [5.74, 6) is 0.0434. The van der Waals surface area contributed by atoms with Crippen molar-refractivity contribution in [1.82, 2.24) is 5.32 Å². The molecule has 3 N–H and O–H groups in total. The van der Waals surface area contributed by atoms with Gasteiger partial charge >= 0.3 is 0 Å². The molecule has 2 unspecified atom stereocenters. The summed E-state index contributed by atoms with van der Waals surface area (Å²) in [5, 5.41) is 3.03. The van der Waals surface area contributed by atoms with Crippen LogP contribution in [-0.2, 0) is 10.2 Å². The number of hydrogen-bond acceptors (Lipinski definition) is 2. The second-order valence-corrected chi connectivity index (χ2v) is 5.58. The lowest BCUT2D eigenvalue weighted by Gasteiger charge is -2.27. The Morgan fingerprint density at radius 1 is 1.28 bits per heavy atom. The lowest BCUT2D eigenvalue weighted by molar-refractivity contribution is -0.126. The molecule has 0 radical (unpaired) electrons. The Bertz CT molecular complexity index is 385. The highest BCUT2D eigenvalue weighted by atomic mass is 16.2. The van der Waals surface area contributed by atoms with Crippen LogP contribution in [0.4, 0.5) is 0 Å². The number of hydrogen-bond donors (Lipinski definition) is 2. The van der Waals surface area contributed by atoms with Gasteiger partial charge in [0.15, 0.2) is 0 Å². The summed E-state index contributed by atoms with van der Waals surface area (Å²) in [6.45, 7) is 7.82. The number of benzene rings is 1. The van der Waals surface area contributed by atoms with Crippen molar-refractivity contribution in [2.45, 2.75) is 51.6 Å². The van der Waals surface area contributed by atoms with E-state index in [1.165, 1.54) is 0 Å². The number of rotatable bonds is 5. The molecule has 0 bridgehead atoms. The van der Waals surface area contributed by atoms with Crippen LogP contribution < -0.4 is 11.1 Å². The van der Waals surface area contributed by atoms with Crippen molar-refractivity contribution >= 4 is 5.91 Å². The molecule has 1 amide bonds. The average molecular weight is 248 g/mol. The predicted octanol–water partition coefficient (Wildman–Crippen LogP) is 2.21. The number of carbonyl (C=O) groups excluding carboxylic acids is 1. The quantitative estimate of drug-likeness (QED) is 0.839. The molecule has 100 valence electrons. The minimum absolute atomic E-state index is 0.0434. The monoisotopic (exact) mass is 248 g/mol. The van der Waals surface area contributed by atoms with Crippen LogP contribution in [0.3, 0.4) is 0 Å². The van der Waals surface area contributed by atoms with E-state index in [4.69, 9.17) is 5.73 Å². The third-order valence-corrected chi connectivity index (χ3v) is 3.17. The minimum Gasteiger partial charge on any atom is -0.353 e. The van der Waals surface area contributed by atoms with Gasteiger partial charge in [0, 0.05) is 12.1 Å². The van der Waals surface area contributed by atoms with Crippen molar-refractivity contribution in [3.8, 4) is 0 Å². The highest BCUT2D eigenvalue weighted by molar-refractivity contribution is 5.87. The van der Waals surface area contributed by atoms with Crippen molar-refractivity contribution in [3.05, 3.63) is 35.9 Å². The van der Waals surface area contributed by atoms with E-state index in [2.05, 4.69) is 5.32 Å². The average Bonchev–Trinajstić information content (AvgIpc) is 2.28. The smallest absolute Gasteiger partial charge is 0.230 e. The minimum atomic E-state index is -0.520. The van der Waals surface area contributed by atoms with Crippen LogP contribution in [0.25, 0.3) is 0 Å². The summed E-state index contributed by atoms with van der Waals surface area (Å²) < 4.78 is 0. The van der Waals surface area contributed by atoms with Gasteiger partial charge in [0.2, 0.25) is 5.91 Å². The second kappa shape index (κ2) is 6.01. The molecule has 2 atom stereocenters. The van der Waals surface area contributed by atoms with E-state index in [1.54, 1.807) is 0 Å². The fraction of sp³-hybridized carbons (Fsp3) is 0.533. The van der Waals surface area contributed by atoms with E-state index >= 15 is 0 Å². The number of carbonyl (C=O) groups is 1. The second-order valence-electron chi connectivity index (χ2n) is 5.58. The van der Waals surface area contributed by atoms with Gasteiger partial charge in [-0.3, -0.25) is 4.79 Å². The van der Waals surface area contributed by atoms with Crippen LogP contribution in [0.15, 0.2) is 30.3 Å². The molecule has 0 spiro atoms. The first-order valence-electron chi connectivity index (χ1n) is 6.46. The molecule has 1 aromatic rings. The first-order chi connectivity index (χ1) is 8.34. The summed E-state index contributed by atoms with van der Waals surface area (Å²) in [6, 6.07) is 10.0. The number of amides is 1. The van der Waals surface area contributed by atoms with E-state index in [0.29, 0.717) is 0 Å². The molecule has 18 heavy (non-hydrogen) atoms. The zero-order chi connectivity index (χ0) is 13.8. The lowest BCUT2D eigenvalue weighted by atomic mass is 9.83. The van der Waals surface area contributed by atoms with E-state index in [9.17, 15) is 4.79 Å². The maximum absolute atomic E-state index is 12.3. The molecule has 0 aliphatic carbocycles. The van der Waals surface area contributed by atoms with E-state index in [0.717, 1.165) is 12.0 Å². The molecule has 3 heteroatoms. The summed E-state index contributed by atoms with van der Waals surface area (Å²) in [5.41, 5.74) is 6.24. The third kappa shape index (κ3) is 3.84. The molecule has 0 aliphatic rings. The molecule has 1 aromatic carbocycles. The molecule has 0 saturated heterocycles. The summed E-state index contributed by atoms with van der Waals surface area (Å²) in [4.78, 5) is 12.3. The highest BCUT2D eigenvalue weighted by Gasteiger charge is 2.30. The SMILES string of the molecule is CC(N)CC(C)NC(=O)C(C)(C)c1ccccc1. The topological polar surface area (TPSA) is 55.1 Å². The molecule has 3 nitrogen and oxygen atoms in total. The molecular weight excluding hydrogens is 224 g/mol. The van der Waals surface area contributed by atoms with E-state index < -0.39 is 5.41 Å². The summed E-state index contributed by atoms with van der Waals surface area (Å²) in [6.07, 6.45) is 0.788. The molecular formula is C15H24N2O. The van der Waals surface area contributed by atoms with Gasteiger partial charge in [0.05, 0.1) is 5.41 Å². The Morgan fingerprint density at radius 2 is 1.83 bits per heavy atom. The molecule has 0 aliphatic heterocycles. The Hall–Kier alpha value is -1.35. The first kappa shape index (κ1) is 14.7. The molecule has 1 rings (SSSR count). The van der Waals surface area contributed by atoms with Crippen molar-refractivity contribution < 1.29 is 4.79 Å². The van der Waals surface area contributed by atoms with Crippen molar-refractivity contribution in [2.24, 2.45) is 5.73 Å². The maximum Gasteiger partial charge on any atom is 0.230 e. The lowest BCUT2D eigenvalue weighted by Crippen LogP contribution is -2.45. The van der Waals surface area contributed by atoms with Gasteiger partial charge in [0.25, 0.3) is 0 Å². The normalized spacial score (nSPS) is 14.9. The zero-order valence-corrected chi connectivity index (χ0v) is 11.7. The Morgan fingerprint density at radius 3 is 2.33 bits per heavy atom. The van der Waals surface area contributed by atoms with Crippen LogP contribution in [0.1, 0.15) is 39.7 Å². The van der Waals surface area contributed by atoms with Crippen LogP contribution in [0.2, 0.25) is 0 Å². The van der Waals surface area contributed by atoms with Gasteiger partial charge in [-0.05, 0) is 39.7 Å². The van der Waals surface area contributed by atoms with Gasteiger partial charge in [-0.25, -0.2) is 0 Å². The van der Waals surface area contributed by atoms with Gasteiger partial charge in [-0.15, -0.1) is 0 Å². The number of nitrogens with two attached hydrogens (primary N) is 1. The molecule has 0 fully saturated rings. The van der Waals surface area contributed by atoms with Crippen LogP contribution in [0.5, 0.6) is 0 Å². The summed E-state index contributed by atoms with van der Waals surface area (Å²) >= 11 is 0. The fourth-order valence-electron chi connectivity index (χ4n) is 2.01. The Kier molecular flexibility index (Phi) is 4.91. The number of nitrogens with one attached hydrogen (secondary N) is 1. The van der Waals surface area contributed by atoms with Gasteiger partial charge in [-0.2, -0.15) is 0 Å². The standard InChI is InChI=1S/C15H24N2O/c1-11(16)10-12(2)17-14(18)15(3,4)13-8-6-5-7-9-13/h5-9,11-12H,10,16H2,1-4H3,(H,17,18). The Balaban J connectivity index is 2.71. The largest absolute Gasteiger partial charge is 0.353 e. The van der Waals surface area contributed by atoms with Crippen LogP contribution in [-0.4, -0.2) is 18.0 Å². The van der Waals surface area contributed by atoms with Gasteiger partial charge in [0.1, 0.15) is 0 Å². The fourth-order valence-corrected chi connectivity index (χ4v) is 2.01. The molecule has 0 aromatic heterocycles. The van der Waals surface area contributed by atoms with Crippen molar-refractivity contribution in [3.63, 3.8) is 0 Å². The molecule has 0 saturated carbocycles. The third-order valence-electron chi connectivity index (χ3n) is 3.17. The zero-order valence-electron chi connectivity index (χ0n) is 11.7. The van der Waals surface area contributed by atoms with Crippen LogP contribution in [0, 0.1) is 0 Å². The Labute approximate surface area is 110 Å². The van der Waals surface area contributed by atoms with Crippen molar-refractivity contribution in [1.29, 1.82) is 0 Å².